The van der Waals surface area contributed by atoms with Gasteiger partial charge in [0.1, 0.15) is 17.0 Å². The normalized spacial score (nSPS) is 10.7. The van der Waals surface area contributed by atoms with Crippen LogP contribution < -0.4 is 4.74 Å². The molecule has 0 saturated heterocycles. The molecular weight excluding hydrogens is 414 g/mol. The van der Waals surface area contributed by atoms with Gasteiger partial charge in [-0.25, -0.2) is 4.39 Å². The van der Waals surface area contributed by atoms with Crippen molar-refractivity contribution in [3.63, 3.8) is 0 Å². The average molecular weight is 427 g/mol. The number of alkyl halides is 3. The number of nitriles is 1. The second-order valence-electron chi connectivity index (χ2n) is 6.20. The lowest BCUT2D eigenvalue weighted by atomic mass is 10.0. The standard InChI is InChI=1S/C23H13F4NOS/c1-15-12-17(13-21(24)22(15)30-14-28)3-2-16-4-6-18(7-5-16)19-8-10-20(11-9-19)29-23(25,26)27/h4-13H,1H3. The molecule has 2 nitrogen and oxygen atoms in total. The highest BCUT2D eigenvalue weighted by molar-refractivity contribution is 8.03. The fourth-order valence-electron chi connectivity index (χ4n) is 2.72. The van der Waals surface area contributed by atoms with E-state index in [4.69, 9.17) is 5.26 Å². The Morgan fingerprint density at radius 3 is 1.97 bits per heavy atom. The van der Waals surface area contributed by atoms with Crippen LogP contribution in [0.2, 0.25) is 0 Å². The van der Waals surface area contributed by atoms with E-state index in [0.717, 1.165) is 22.9 Å². The van der Waals surface area contributed by atoms with Gasteiger partial charge in [0.25, 0.3) is 0 Å². The number of aryl methyl sites for hydroxylation is 1. The van der Waals surface area contributed by atoms with Gasteiger partial charge < -0.3 is 4.74 Å². The Labute approximate surface area is 175 Å². The van der Waals surface area contributed by atoms with Crippen LogP contribution in [-0.4, -0.2) is 6.36 Å². The molecule has 0 amide bonds. The molecule has 0 fully saturated rings. The molecule has 3 aromatic rings. The minimum Gasteiger partial charge on any atom is -0.406 e. The minimum atomic E-state index is -4.72. The molecule has 0 radical (unpaired) electrons. The highest BCUT2D eigenvalue weighted by atomic mass is 32.2. The van der Waals surface area contributed by atoms with Crippen LogP contribution >= 0.6 is 11.8 Å². The summed E-state index contributed by atoms with van der Waals surface area (Å²) in [4.78, 5) is 0.291. The van der Waals surface area contributed by atoms with Crippen molar-refractivity contribution < 1.29 is 22.3 Å². The van der Waals surface area contributed by atoms with Gasteiger partial charge in [-0.05, 0) is 71.8 Å². The first-order chi connectivity index (χ1) is 14.2. The lowest BCUT2D eigenvalue weighted by Gasteiger charge is -2.09. The van der Waals surface area contributed by atoms with Gasteiger partial charge in [-0.15, -0.1) is 13.2 Å². The van der Waals surface area contributed by atoms with E-state index in [2.05, 4.69) is 16.6 Å². The maximum Gasteiger partial charge on any atom is 0.573 e. The molecule has 3 aromatic carbocycles. The van der Waals surface area contributed by atoms with Gasteiger partial charge in [0.2, 0.25) is 0 Å². The molecule has 0 aliphatic carbocycles. The average Bonchev–Trinajstić information content (AvgIpc) is 2.69. The summed E-state index contributed by atoms with van der Waals surface area (Å²) < 4.78 is 54.6. The van der Waals surface area contributed by atoms with Crippen molar-refractivity contribution in [2.45, 2.75) is 18.2 Å². The van der Waals surface area contributed by atoms with Gasteiger partial charge in [0.05, 0.1) is 4.90 Å². The summed E-state index contributed by atoms with van der Waals surface area (Å²) in [5.41, 5.74) is 3.37. The van der Waals surface area contributed by atoms with Crippen LogP contribution in [0.1, 0.15) is 16.7 Å². The second kappa shape index (κ2) is 8.94. The van der Waals surface area contributed by atoms with Crippen molar-refractivity contribution in [2.75, 3.05) is 0 Å². The number of halogens is 4. The largest absolute Gasteiger partial charge is 0.573 e. The van der Waals surface area contributed by atoms with Gasteiger partial charge >= 0.3 is 6.36 Å². The number of hydrogen-bond donors (Lipinski definition) is 0. The molecule has 0 bridgehead atoms. The van der Waals surface area contributed by atoms with E-state index in [1.54, 1.807) is 37.3 Å². The third-order valence-electron chi connectivity index (χ3n) is 4.03. The molecule has 7 heteroatoms. The van der Waals surface area contributed by atoms with E-state index in [1.807, 2.05) is 5.40 Å². The Kier molecular flexibility index (Phi) is 6.34. The number of thiocyanates is 1. The summed E-state index contributed by atoms with van der Waals surface area (Å²) in [7, 11) is 0. The summed E-state index contributed by atoms with van der Waals surface area (Å²) >= 11 is 0.773. The SMILES string of the molecule is Cc1cc(C#Cc2ccc(-c3ccc(OC(F)(F)F)cc3)cc2)cc(F)c1SC#N. The van der Waals surface area contributed by atoms with Gasteiger partial charge in [-0.3, -0.25) is 0 Å². The third kappa shape index (κ3) is 5.56. The molecular formula is C23H13F4NOS. The molecule has 30 heavy (non-hydrogen) atoms. The van der Waals surface area contributed by atoms with Gasteiger partial charge in [-0.2, -0.15) is 5.26 Å². The second-order valence-corrected chi connectivity index (χ2v) is 6.99. The predicted octanol–water partition coefficient (Wildman–Crippen LogP) is 6.67. The maximum atomic E-state index is 14.1. The summed E-state index contributed by atoms with van der Waals surface area (Å²) in [6, 6.07) is 15.7. The van der Waals surface area contributed by atoms with E-state index in [1.165, 1.54) is 30.3 Å². The molecule has 0 N–H and O–H groups in total. The summed E-state index contributed by atoms with van der Waals surface area (Å²) in [6.07, 6.45) is -4.72. The van der Waals surface area contributed by atoms with Crippen LogP contribution in [0.15, 0.2) is 65.6 Å². The zero-order valence-corrected chi connectivity index (χ0v) is 16.4. The number of rotatable bonds is 3. The van der Waals surface area contributed by atoms with E-state index in [0.29, 0.717) is 21.6 Å². The fourth-order valence-corrected chi connectivity index (χ4v) is 3.18. The van der Waals surface area contributed by atoms with Crippen LogP contribution in [0.3, 0.4) is 0 Å². The third-order valence-corrected chi connectivity index (χ3v) is 4.85. The van der Waals surface area contributed by atoms with Crippen molar-refractivity contribution >= 4 is 11.8 Å². The first-order valence-electron chi connectivity index (χ1n) is 8.59. The van der Waals surface area contributed by atoms with E-state index >= 15 is 0 Å². The number of nitrogens with zero attached hydrogens (tertiary/aromatic N) is 1. The minimum absolute atomic E-state index is 0.282. The molecule has 0 aliphatic rings. The molecule has 0 spiro atoms. The summed E-state index contributed by atoms with van der Waals surface area (Å²) in [6.45, 7) is 1.72. The Balaban J connectivity index is 1.75. The number of benzene rings is 3. The Hall–Kier alpha value is -3.42. The van der Waals surface area contributed by atoms with Crippen LogP contribution in [-0.2, 0) is 0 Å². The van der Waals surface area contributed by atoms with Gasteiger partial charge in [-0.1, -0.05) is 36.1 Å². The molecule has 0 atom stereocenters. The lowest BCUT2D eigenvalue weighted by molar-refractivity contribution is -0.274. The van der Waals surface area contributed by atoms with Crippen molar-refractivity contribution in [1.82, 2.24) is 0 Å². The van der Waals surface area contributed by atoms with Crippen LogP contribution in [0.4, 0.5) is 17.6 Å². The number of hydrogen-bond acceptors (Lipinski definition) is 3. The smallest absolute Gasteiger partial charge is 0.406 e. The Morgan fingerprint density at radius 1 is 0.867 bits per heavy atom. The lowest BCUT2D eigenvalue weighted by Crippen LogP contribution is -2.16. The molecule has 0 heterocycles. The summed E-state index contributed by atoms with van der Waals surface area (Å²) in [5.74, 6) is 5.07. The maximum absolute atomic E-state index is 14.1. The number of thioether (sulfide) groups is 1. The van der Waals surface area contributed by atoms with E-state index in [-0.39, 0.29) is 5.75 Å². The Morgan fingerprint density at radius 2 is 1.43 bits per heavy atom. The first kappa shape index (κ1) is 21.3. The molecule has 0 aromatic heterocycles. The fraction of sp³-hybridized carbons (Fsp3) is 0.0870. The zero-order chi connectivity index (χ0) is 21.7. The molecule has 3 rings (SSSR count). The van der Waals surface area contributed by atoms with Crippen molar-refractivity contribution in [2.24, 2.45) is 0 Å². The molecule has 0 aliphatic heterocycles. The van der Waals surface area contributed by atoms with E-state index in [9.17, 15) is 17.6 Å². The van der Waals surface area contributed by atoms with Gasteiger partial charge in [0.15, 0.2) is 0 Å². The number of ether oxygens (including phenoxy) is 1. The summed E-state index contributed by atoms with van der Waals surface area (Å²) in [5, 5.41) is 10.6. The highest BCUT2D eigenvalue weighted by Crippen LogP contribution is 2.27. The highest BCUT2D eigenvalue weighted by Gasteiger charge is 2.30. The van der Waals surface area contributed by atoms with Gasteiger partial charge in [0, 0.05) is 11.1 Å². The van der Waals surface area contributed by atoms with Crippen molar-refractivity contribution in [3.05, 3.63) is 83.2 Å². The Bertz CT molecular complexity index is 1130. The quantitative estimate of drug-likeness (QED) is 0.202. The molecule has 150 valence electrons. The van der Waals surface area contributed by atoms with E-state index < -0.39 is 12.2 Å². The van der Waals surface area contributed by atoms with Crippen LogP contribution in [0.25, 0.3) is 11.1 Å². The topological polar surface area (TPSA) is 33.0 Å². The molecule has 0 unspecified atom stereocenters. The zero-order valence-electron chi connectivity index (χ0n) is 15.5. The van der Waals surface area contributed by atoms with Crippen molar-refractivity contribution in [3.8, 4) is 34.1 Å². The van der Waals surface area contributed by atoms with Crippen LogP contribution in [0.5, 0.6) is 5.75 Å². The van der Waals surface area contributed by atoms with Crippen LogP contribution in [0, 0.1) is 35.2 Å². The molecule has 0 saturated carbocycles. The van der Waals surface area contributed by atoms with Crippen molar-refractivity contribution in [1.29, 1.82) is 5.26 Å². The first-order valence-corrected chi connectivity index (χ1v) is 9.41. The predicted molar refractivity (Wildman–Crippen MR) is 107 cm³/mol. The monoisotopic (exact) mass is 427 g/mol.